The molecule has 28 heavy (non-hydrogen) atoms. The largest absolute Gasteiger partial charge is 0.480 e. The van der Waals surface area contributed by atoms with Gasteiger partial charge in [0.15, 0.2) is 0 Å². The van der Waals surface area contributed by atoms with Crippen LogP contribution >= 0.6 is 11.6 Å². The van der Waals surface area contributed by atoms with Crippen LogP contribution in [0.25, 0.3) is 0 Å². The number of benzene rings is 2. The second-order valence-corrected chi connectivity index (χ2v) is 7.19. The first-order chi connectivity index (χ1) is 13.2. The lowest BCUT2D eigenvalue weighted by atomic mass is 9.91. The van der Waals surface area contributed by atoms with Gasteiger partial charge in [-0.2, -0.15) is 13.2 Å². The lowest BCUT2D eigenvalue weighted by molar-refractivity contribution is -0.145. The third-order valence-electron chi connectivity index (χ3n) is 4.94. The fraction of sp³-hybridized carbons (Fsp3) is 0.350. The molecule has 1 aliphatic heterocycles. The maximum atomic E-state index is 13.9. The van der Waals surface area contributed by atoms with E-state index in [0.29, 0.717) is 31.4 Å². The van der Waals surface area contributed by atoms with Gasteiger partial charge in [-0.1, -0.05) is 36.2 Å². The number of carboxylic acids is 1. The number of hydrogen-bond acceptors (Lipinski definition) is 2. The van der Waals surface area contributed by atoms with E-state index in [2.05, 4.69) is 0 Å². The van der Waals surface area contributed by atoms with Crippen LogP contribution in [0.1, 0.15) is 42.0 Å². The average Bonchev–Trinajstić information content (AvgIpc) is 2.63. The minimum absolute atomic E-state index is 0.218. The minimum Gasteiger partial charge on any atom is -0.480 e. The molecule has 0 amide bonds. The molecule has 0 bridgehead atoms. The van der Waals surface area contributed by atoms with E-state index in [1.807, 2.05) is 0 Å². The summed E-state index contributed by atoms with van der Waals surface area (Å²) < 4.78 is 53.9. The Kier molecular flexibility index (Phi) is 5.95. The zero-order chi connectivity index (χ0) is 20.5. The summed E-state index contributed by atoms with van der Waals surface area (Å²) in [6.07, 6.45) is -2.87. The van der Waals surface area contributed by atoms with Gasteiger partial charge in [0, 0.05) is 0 Å². The molecule has 1 fully saturated rings. The number of nitrogens with zero attached hydrogens (tertiary/aromatic N) is 1. The topological polar surface area (TPSA) is 40.5 Å². The van der Waals surface area contributed by atoms with Crippen molar-refractivity contribution in [3.8, 4) is 0 Å². The molecular weight excluding hydrogens is 398 g/mol. The number of alkyl halides is 3. The molecule has 0 aromatic heterocycles. The van der Waals surface area contributed by atoms with E-state index in [-0.39, 0.29) is 5.56 Å². The molecule has 8 heteroatoms. The number of carbonyl (C=O) groups is 1. The molecule has 1 heterocycles. The molecule has 1 N–H and O–H groups in total. The van der Waals surface area contributed by atoms with Crippen LogP contribution in [0.4, 0.5) is 17.6 Å². The van der Waals surface area contributed by atoms with E-state index in [1.54, 1.807) is 11.0 Å². The van der Waals surface area contributed by atoms with Crippen molar-refractivity contribution in [2.75, 3.05) is 6.54 Å². The fourth-order valence-electron chi connectivity index (χ4n) is 3.71. The summed E-state index contributed by atoms with van der Waals surface area (Å²) in [5, 5.41) is 9.18. The highest BCUT2D eigenvalue weighted by Crippen LogP contribution is 2.40. The Labute approximate surface area is 164 Å². The van der Waals surface area contributed by atoms with E-state index in [9.17, 15) is 27.5 Å². The fourth-order valence-corrected chi connectivity index (χ4v) is 3.94. The van der Waals surface area contributed by atoms with E-state index in [0.717, 1.165) is 12.1 Å². The summed E-state index contributed by atoms with van der Waals surface area (Å²) in [4.78, 5) is 13.4. The van der Waals surface area contributed by atoms with Gasteiger partial charge in [-0.15, -0.1) is 0 Å². The van der Waals surface area contributed by atoms with E-state index >= 15 is 0 Å². The molecular formula is C20H18ClF4NO2. The lowest BCUT2D eigenvalue weighted by Gasteiger charge is -2.39. The zero-order valence-corrected chi connectivity index (χ0v) is 15.5. The summed E-state index contributed by atoms with van der Waals surface area (Å²) in [5.74, 6) is -1.59. The lowest BCUT2D eigenvalue weighted by Crippen LogP contribution is -2.46. The Morgan fingerprint density at radius 2 is 1.86 bits per heavy atom. The maximum Gasteiger partial charge on any atom is 0.417 e. The summed E-state index contributed by atoms with van der Waals surface area (Å²) >= 11 is 5.73. The third kappa shape index (κ3) is 4.31. The van der Waals surface area contributed by atoms with Crippen molar-refractivity contribution < 1.29 is 27.5 Å². The Bertz CT molecular complexity index is 872. The molecule has 0 saturated carbocycles. The number of piperidine rings is 1. The number of hydrogen-bond donors (Lipinski definition) is 1. The Morgan fingerprint density at radius 1 is 1.14 bits per heavy atom. The van der Waals surface area contributed by atoms with Crippen LogP contribution in [0, 0.1) is 5.82 Å². The van der Waals surface area contributed by atoms with Gasteiger partial charge >= 0.3 is 12.1 Å². The molecule has 1 aliphatic rings. The predicted octanol–water partition coefficient (Wildman–Crippen LogP) is 5.53. The first kappa shape index (κ1) is 20.6. The molecule has 2 aromatic rings. The quantitative estimate of drug-likeness (QED) is 0.668. The molecule has 3 rings (SSSR count). The van der Waals surface area contributed by atoms with Crippen molar-refractivity contribution >= 4 is 17.6 Å². The second-order valence-electron chi connectivity index (χ2n) is 6.78. The highest BCUT2D eigenvalue weighted by atomic mass is 35.5. The maximum absolute atomic E-state index is 13.9. The highest BCUT2D eigenvalue weighted by Gasteiger charge is 2.38. The summed E-state index contributed by atoms with van der Waals surface area (Å²) in [6, 6.07) is 7.29. The molecule has 1 saturated heterocycles. The molecule has 2 aromatic carbocycles. The first-order valence-corrected chi connectivity index (χ1v) is 9.17. The van der Waals surface area contributed by atoms with Crippen LogP contribution in [-0.2, 0) is 11.0 Å². The van der Waals surface area contributed by atoms with Crippen molar-refractivity contribution in [2.24, 2.45) is 0 Å². The van der Waals surface area contributed by atoms with Crippen LogP contribution < -0.4 is 0 Å². The van der Waals surface area contributed by atoms with Gasteiger partial charge in [0.1, 0.15) is 11.9 Å². The Balaban J connectivity index is 2.16. The molecule has 0 aliphatic carbocycles. The minimum atomic E-state index is -4.66. The molecule has 0 spiro atoms. The molecule has 150 valence electrons. The van der Waals surface area contributed by atoms with Gasteiger partial charge in [-0.3, -0.25) is 9.69 Å². The predicted molar refractivity (Wildman–Crippen MR) is 96.7 cm³/mol. The second kappa shape index (κ2) is 8.09. The van der Waals surface area contributed by atoms with Crippen molar-refractivity contribution in [1.82, 2.24) is 4.90 Å². The first-order valence-electron chi connectivity index (χ1n) is 8.79. The zero-order valence-electron chi connectivity index (χ0n) is 14.7. The van der Waals surface area contributed by atoms with E-state index < -0.39 is 40.6 Å². The standard InChI is InChI=1S/C20H18ClF4NO2/c21-16-8-7-13(11-15(16)20(23,24)25)18(12-4-3-5-14(22)10-12)26-9-2-1-6-17(26)19(27)28/h3-5,7-8,10-11,17-18H,1-2,6,9H2,(H,27,28). The number of carboxylic acid groups (broad SMARTS) is 1. The highest BCUT2D eigenvalue weighted by molar-refractivity contribution is 6.31. The Morgan fingerprint density at radius 3 is 2.50 bits per heavy atom. The van der Waals surface area contributed by atoms with Crippen LogP contribution in [0.15, 0.2) is 42.5 Å². The number of halogens is 5. The number of aliphatic carboxylic acids is 1. The van der Waals surface area contributed by atoms with Crippen molar-refractivity contribution in [3.05, 3.63) is 70.0 Å². The van der Waals surface area contributed by atoms with Crippen LogP contribution in [-0.4, -0.2) is 28.6 Å². The molecule has 2 unspecified atom stereocenters. The number of rotatable bonds is 4. The van der Waals surface area contributed by atoms with Gasteiger partial charge in [0.05, 0.1) is 16.6 Å². The molecule has 3 nitrogen and oxygen atoms in total. The third-order valence-corrected chi connectivity index (χ3v) is 5.27. The van der Waals surface area contributed by atoms with Crippen molar-refractivity contribution in [2.45, 2.75) is 37.5 Å². The van der Waals surface area contributed by atoms with Gasteiger partial charge in [0.2, 0.25) is 0 Å². The summed E-state index contributed by atoms with van der Waals surface area (Å²) in [6.45, 7) is 0.377. The van der Waals surface area contributed by atoms with Crippen molar-refractivity contribution in [1.29, 1.82) is 0 Å². The Hall–Kier alpha value is -2.12. The van der Waals surface area contributed by atoms with Gasteiger partial charge in [-0.05, 0) is 54.8 Å². The molecule has 0 radical (unpaired) electrons. The summed E-state index contributed by atoms with van der Waals surface area (Å²) in [5.41, 5.74) is -0.393. The van der Waals surface area contributed by atoms with Crippen molar-refractivity contribution in [3.63, 3.8) is 0 Å². The average molecular weight is 416 g/mol. The van der Waals surface area contributed by atoms with Gasteiger partial charge < -0.3 is 5.11 Å². The van der Waals surface area contributed by atoms with E-state index in [1.165, 1.54) is 24.3 Å². The normalized spacial score (nSPS) is 19.4. The SMILES string of the molecule is O=C(O)C1CCCCN1C(c1cccc(F)c1)c1ccc(Cl)c(C(F)(F)F)c1. The van der Waals surface area contributed by atoms with Gasteiger partial charge in [-0.25, -0.2) is 4.39 Å². The van der Waals surface area contributed by atoms with Crippen LogP contribution in [0.3, 0.4) is 0 Å². The monoisotopic (exact) mass is 415 g/mol. The van der Waals surface area contributed by atoms with Crippen LogP contribution in [0.2, 0.25) is 5.02 Å². The smallest absolute Gasteiger partial charge is 0.417 e. The number of likely N-dealkylation sites (tertiary alicyclic amines) is 1. The summed E-state index contributed by atoms with van der Waals surface area (Å²) in [7, 11) is 0. The molecule has 2 atom stereocenters. The van der Waals surface area contributed by atoms with E-state index in [4.69, 9.17) is 11.6 Å². The van der Waals surface area contributed by atoms with Gasteiger partial charge in [0.25, 0.3) is 0 Å². The van der Waals surface area contributed by atoms with Crippen LogP contribution in [0.5, 0.6) is 0 Å².